The third kappa shape index (κ3) is 4.77. The predicted molar refractivity (Wildman–Crippen MR) is 112 cm³/mol. The number of nitrogens with zero attached hydrogens (tertiary/aromatic N) is 5. The van der Waals surface area contributed by atoms with Gasteiger partial charge < -0.3 is 9.47 Å². The first-order valence-electron chi connectivity index (χ1n) is 11.3. The van der Waals surface area contributed by atoms with Crippen LogP contribution in [0.25, 0.3) is 11.0 Å². The lowest BCUT2D eigenvalue weighted by Gasteiger charge is -2.26. The van der Waals surface area contributed by atoms with E-state index in [4.69, 9.17) is 0 Å². The molecule has 2 fully saturated rings. The number of fused-ring (bicyclic) bond motifs is 1. The number of amides is 1. The zero-order chi connectivity index (χ0) is 20.1. The summed E-state index contributed by atoms with van der Waals surface area (Å²) < 4.78 is 2.25. The lowest BCUT2D eigenvalue weighted by atomic mass is 9.87. The van der Waals surface area contributed by atoms with Crippen molar-refractivity contribution in [3.8, 4) is 6.07 Å². The molecule has 29 heavy (non-hydrogen) atoms. The van der Waals surface area contributed by atoms with Gasteiger partial charge in [-0.15, -0.1) is 0 Å². The molecule has 0 spiro atoms. The molecule has 2 aromatic rings. The second-order valence-electron chi connectivity index (χ2n) is 8.61. The monoisotopic (exact) mass is 393 g/mol. The maximum atomic E-state index is 12.6. The molecule has 2 aromatic heterocycles. The van der Waals surface area contributed by atoms with Crippen LogP contribution in [0.5, 0.6) is 0 Å². The first kappa shape index (κ1) is 19.9. The molecular formula is C23H31N5O. The second kappa shape index (κ2) is 9.39. The lowest BCUT2D eigenvalue weighted by Crippen LogP contribution is -2.35. The molecule has 1 saturated carbocycles. The molecule has 1 aliphatic heterocycles. The zero-order valence-electron chi connectivity index (χ0n) is 17.3. The van der Waals surface area contributed by atoms with Gasteiger partial charge in [0.2, 0.25) is 11.7 Å². The molecule has 6 nitrogen and oxygen atoms in total. The lowest BCUT2D eigenvalue weighted by molar-refractivity contribution is -0.132. The fourth-order valence-corrected chi connectivity index (χ4v) is 4.93. The van der Waals surface area contributed by atoms with E-state index in [-0.39, 0.29) is 11.7 Å². The summed E-state index contributed by atoms with van der Waals surface area (Å²) in [6.07, 6.45) is 14.3. The van der Waals surface area contributed by atoms with Gasteiger partial charge in [-0.3, -0.25) is 4.79 Å². The van der Waals surface area contributed by atoms with E-state index in [1.807, 2.05) is 4.90 Å². The van der Waals surface area contributed by atoms with Gasteiger partial charge in [0.25, 0.3) is 0 Å². The SMILES string of the molecule is N#Cc1ncc2cc(CCC(=O)N3CCCCC3)n(CCC3CCCCC3)c2n1. The van der Waals surface area contributed by atoms with Crippen LogP contribution in [0.1, 0.15) is 75.7 Å². The normalized spacial score (nSPS) is 18.1. The Balaban J connectivity index is 1.51. The number of hydrogen-bond acceptors (Lipinski definition) is 4. The number of likely N-dealkylation sites (tertiary alicyclic amines) is 1. The average molecular weight is 394 g/mol. The van der Waals surface area contributed by atoms with Crippen molar-refractivity contribution in [2.24, 2.45) is 5.92 Å². The number of aromatic nitrogens is 3. The minimum absolute atomic E-state index is 0.213. The first-order chi connectivity index (χ1) is 14.2. The molecule has 1 saturated heterocycles. The minimum atomic E-state index is 0.213. The fraction of sp³-hybridized carbons (Fsp3) is 0.652. The number of piperidine rings is 1. The van der Waals surface area contributed by atoms with Crippen molar-refractivity contribution < 1.29 is 4.79 Å². The number of carbonyl (C=O) groups excluding carboxylic acids is 1. The minimum Gasteiger partial charge on any atom is -0.343 e. The van der Waals surface area contributed by atoms with E-state index >= 15 is 0 Å². The Kier molecular flexibility index (Phi) is 6.43. The summed E-state index contributed by atoms with van der Waals surface area (Å²) in [7, 11) is 0. The van der Waals surface area contributed by atoms with E-state index < -0.39 is 0 Å². The summed E-state index contributed by atoms with van der Waals surface area (Å²) in [5.41, 5.74) is 1.98. The zero-order valence-corrected chi connectivity index (χ0v) is 17.3. The quantitative estimate of drug-likeness (QED) is 0.736. The number of carbonyl (C=O) groups is 1. The highest BCUT2D eigenvalue weighted by Crippen LogP contribution is 2.28. The van der Waals surface area contributed by atoms with Crippen LogP contribution in [0, 0.1) is 17.2 Å². The van der Waals surface area contributed by atoms with Gasteiger partial charge >= 0.3 is 0 Å². The van der Waals surface area contributed by atoms with E-state index in [1.54, 1.807) is 6.20 Å². The van der Waals surface area contributed by atoms with E-state index in [0.717, 1.165) is 68.0 Å². The molecule has 1 aliphatic carbocycles. The number of aryl methyl sites for hydroxylation is 2. The van der Waals surface area contributed by atoms with Gasteiger partial charge in [-0.05, 0) is 44.1 Å². The molecule has 0 N–H and O–H groups in total. The Hall–Kier alpha value is -2.42. The highest BCUT2D eigenvalue weighted by molar-refractivity contribution is 5.79. The Morgan fingerprint density at radius 2 is 1.90 bits per heavy atom. The Morgan fingerprint density at radius 1 is 1.14 bits per heavy atom. The Morgan fingerprint density at radius 3 is 2.66 bits per heavy atom. The summed E-state index contributed by atoms with van der Waals surface area (Å²) >= 11 is 0. The van der Waals surface area contributed by atoms with E-state index in [9.17, 15) is 10.1 Å². The molecule has 0 radical (unpaired) electrons. The molecule has 0 bridgehead atoms. The molecule has 4 rings (SSSR count). The molecule has 1 amide bonds. The van der Waals surface area contributed by atoms with Crippen LogP contribution in [0.3, 0.4) is 0 Å². The largest absolute Gasteiger partial charge is 0.343 e. The van der Waals surface area contributed by atoms with Gasteiger partial charge in [0.05, 0.1) is 0 Å². The molecule has 0 unspecified atom stereocenters. The maximum Gasteiger partial charge on any atom is 0.234 e. The topological polar surface area (TPSA) is 74.8 Å². The maximum absolute atomic E-state index is 12.6. The van der Waals surface area contributed by atoms with Crippen molar-refractivity contribution in [2.75, 3.05) is 13.1 Å². The highest BCUT2D eigenvalue weighted by Gasteiger charge is 2.19. The van der Waals surface area contributed by atoms with Crippen LogP contribution in [0.2, 0.25) is 0 Å². The van der Waals surface area contributed by atoms with E-state index in [1.165, 1.54) is 38.5 Å². The van der Waals surface area contributed by atoms with Crippen molar-refractivity contribution in [2.45, 2.75) is 77.2 Å². The van der Waals surface area contributed by atoms with Crippen molar-refractivity contribution in [3.05, 3.63) is 23.8 Å². The van der Waals surface area contributed by atoms with Gasteiger partial charge in [-0.1, -0.05) is 32.1 Å². The summed E-state index contributed by atoms with van der Waals surface area (Å²) in [6.45, 7) is 2.71. The van der Waals surface area contributed by atoms with Crippen molar-refractivity contribution in [3.63, 3.8) is 0 Å². The molecule has 154 valence electrons. The van der Waals surface area contributed by atoms with Crippen LogP contribution < -0.4 is 0 Å². The second-order valence-corrected chi connectivity index (χ2v) is 8.61. The van der Waals surface area contributed by atoms with Crippen LogP contribution in [-0.2, 0) is 17.8 Å². The molecular weight excluding hydrogens is 362 g/mol. The fourth-order valence-electron chi connectivity index (χ4n) is 4.93. The van der Waals surface area contributed by atoms with E-state index in [2.05, 4.69) is 26.7 Å². The summed E-state index contributed by atoms with van der Waals surface area (Å²) in [5.74, 6) is 1.25. The van der Waals surface area contributed by atoms with Crippen LogP contribution in [0.15, 0.2) is 12.3 Å². The molecule has 0 atom stereocenters. The Bertz CT molecular complexity index is 885. The summed E-state index contributed by atoms with van der Waals surface area (Å²) in [5, 5.41) is 10.2. The third-order valence-electron chi connectivity index (χ3n) is 6.61. The highest BCUT2D eigenvalue weighted by atomic mass is 16.2. The molecule has 2 aliphatic rings. The smallest absolute Gasteiger partial charge is 0.234 e. The number of hydrogen-bond donors (Lipinski definition) is 0. The van der Waals surface area contributed by atoms with Crippen LogP contribution in [0.4, 0.5) is 0 Å². The summed E-state index contributed by atoms with van der Waals surface area (Å²) in [6, 6.07) is 4.17. The van der Waals surface area contributed by atoms with Crippen molar-refractivity contribution in [1.82, 2.24) is 19.4 Å². The van der Waals surface area contributed by atoms with Crippen molar-refractivity contribution >= 4 is 16.9 Å². The standard InChI is InChI=1S/C23H31N5O/c24-16-21-25-17-19-15-20(9-10-22(29)27-12-5-2-6-13-27)28(23(19)26-21)14-11-18-7-3-1-4-8-18/h15,17-18H,1-14H2. The summed E-state index contributed by atoms with van der Waals surface area (Å²) in [4.78, 5) is 23.3. The van der Waals surface area contributed by atoms with Crippen molar-refractivity contribution in [1.29, 1.82) is 5.26 Å². The van der Waals surface area contributed by atoms with Gasteiger partial charge in [0.1, 0.15) is 11.7 Å². The number of nitriles is 1. The number of rotatable bonds is 6. The molecule has 3 heterocycles. The Labute approximate surface area is 172 Å². The van der Waals surface area contributed by atoms with Gasteiger partial charge in [0, 0.05) is 43.3 Å². The third-order valence-corrected chi connectivity index (χ3v) is 6.61. The van der Waals surface area contributed by atoms with Gasteiger partial charge in [-0.2, -0.15) is 5.26 Å². The average Bonchev–Trinajstić information content (AvgIpc) is 3.13. The van der Waals surface area contributed by atoms with E-state index in [0.29, 0.717) is 6.42 Å². The van der Waals surface area contributed by atoms with Gasteiger partial charge in [0.15, 0.2) is 0 Å². The van der Waals surface area contributed by atoms with Crippen LogP contribution in [-0.4, -0.2) is 38.4 Å². The molecule has 0 aromatic carbocycles. The predicted octanol–water partition coefficient (Wildman–Crippen LogP) is 4.22. The van der Waals surface area contributed by atoms with Gasteiger partial charge in [-0.25, -0.2) is 9.97 Å². The molecule has 6 heteroatoms. The van der Waals surface area contributed by atoms with Crippen LogP contribution >= 0.6 is 0 Å². The first-order valence-corrected chi connectivity index (χ1v) is 11.3.